The molecule has 0 heterocycles. The molecule has 0 saturated carbocycles. The summed E-state index contributed by atoms with van der Waals surface area (Å²) in [6.07, 6.45) is 0. The molecule has 0 radical (unpaired) electrons. The number of hydrogen-bond donors (Lipinski definition) is 2. The molecule has 2 atom stereocenters. The van der Waals surface area contributed by atoms with Crippen LogP contribution in [0.3, 0.4) is 0 Å². The van der Waals surface area contributed by atoms with Crippen molar-refractivity contribution in [3.05, 3.63) is 82.8 Å². The third-order valence-electron chi connectivity index (χ3n) is 7.36. The highest BCUT2D eigenvalue weighted by molar-refractivity contribution is 6.36. The van der Waals surface area contributed by atoms with Crippen LogP contribution in [0.4, 0.5) is 22.7 Å². The first-order chi connectivity index (χ1) is 24.9. The molecule has 0 fully saturated rings. The van der Waals surface area contributed by atoms with Crippen molar-refractivity contribution in [2.75, 3.05) is 39.1 Å². The summed E-state index contributed by atoms with van der Waals surface area (Å²) in [5.74, 6) is -1.17. The Morgan fingerprint density at radius 3 is 1.27 bits per heavy atom. The van der Waals surface area contributed by atoms with Crippen LogP contribution in [0.5, 0.6) is 23.0 Å². The number of benzene rings is 4. The van der Waals surface area contributed by atoms with Gasteiger partial charge in [0.1, 0.15) is 0 Å². The van der Waals surface area contributed by atoms with E-state index in [0.29, 0.717) is 34.0 Å². The molecule has 2 N–H and O–H groups in total. The summed E-state index contributed by atoms with van der Waals surface area (Å²) in [6, 6.07) is 16.4. The molecule has 2 amide bonds. The van der Waals surface area contributed by atoms with Gasteiger partial charge in [-0.05, 0) is 62.4 Å². The molecular formula is C36H34Cl2N6O8. The quantitative estimate of drug-likeness (QED) is 0.0905. The number of hydrogen-bond acceptors (Lipinski definition) is 12. The van der Waals surface area contributed by atoms with E-state index in [4.69, 9.17) is 42.1 Å². The van der Waals surface area contributed by atoms with Crippen molar-refractivity contribution in [1.29, 1.82) is 0 Å². The first kappa shape index (κ1) is 38.9. The zero-order chi connectivity index (χ0) is 37.9. The van der Waals surface area contributed by atoms with Crippen LogP contribution in [-0.4, -0.2) is 63.9 Å². The van der Waals surface area contributed by atoms with Crippen LogP contribution in [0.25, 0.3) is 11.1 Å². The monoisotopic (exact) mass is 748 g/mol. The van der Waals surface area contributed by atoms with Crippen molar-refractivity contribution < 1.29 is 38.1 Å². The van der Waals surface area contributed by atoms with Crippen molar-refractivity contribution in [2.24, 2.45) is 20.5 Å². The van der Waals surface area contributed by atoms with Gasteiger partial charge in [-0.15, -0.1) is 0 Å². The van der Waals surface area contributed by atoms with Gasteiger partial charge in [-0.25, -0.2) is 0 Å². The fraction of sp³-hybridized carbons (Fsp3) is 0.222. The molecule has 4 aromatic carbocycles. The smallest absolute Gasteiger partial charge is 0.258 e. The molecule has 270 valence electrons. The standard InChI is InChI=1S/C36H34Cl2N6O8/c1-19(45)31(35(47)39-27-9-7-11-29(49-3)33(27)51-5)43-41-21-13-15-23(25(37)17-21)24-16-14-22(18-26(24)38)42-44-32(20(2)46)36(48)40-28-10-8-12-30(50-4)34(28)52-6/h7-18,31-32H,1-6H3,(H,39,47)(H,40,48). The summed E-state index contributed by atoms with van der Waals surface area (Å²) < 4.78 is 21.2. The maximum atomic E-state index is 13.0. The zero-order valence-electron chi connectivity index (χ0n) is 28.9. The summed E-state index contributed by atoms with van der Waals surface area (Å²) in [5, 5.41) is 21.9. The molecule has 0 aliphatic rings. The van der Waals surface area contributed by atoms with E-state index >= 15 is 0 Å². The third kappa shape index (κ3) is 9.27. The molecule has 52 heavy (non-hydrogen) atoms. The molecule has 4 rings (SSSR count). The van der Waals surface area contributed by atoms with Gasteiger partial charge in [-0.3, -0.25) is 19.2 Å². The van der Waals surface area contributed by atoms with Gasteiger partial charge in [0.15, 0.2) is 34.6 Å². The Labute approximate surface area is 309 Å². The maximum Gasteiger partial charge on any atom is 0.258 e. The Kier molecular flexibility index (Phi) is 13.4. The minimum atomic E-state index is -1.45. The predicted octanol–water partition coefficient (Wildman–Crippen LogP) is 8.05. The van der Waals surface area contributed by atoms with Gasteiger partial charge in [0.05, 0.1) is 61.2 Å². The number of rotatable bonds is 15. The summed E-state index contributed by atoms with van der Waals surface area (Å²) in [5.41, 5.74) is 2.20. The molecule has 0 aromatic heterocycles. The molecule has 0 aliphatic carbocycles. The van der Waals surface area contributed by atoms with Gasteiger partial charge in [0, 0.05) is 11.1 Å². The SMILES string of the molecule is COc1cccc(NC(=O)C(N=Nc2ccc(-c3ccc(N=NC(C(C)=O)C(=O)Nc4cccc(OC)c4OC)cc3Cl)c(Cl)c2)C(C)=O)c1OC. The number of para-hydroxylation sites is 2. The van der Waals surface area contributed by atoms with Crippen LogP contribution in [0.2, 0.25) is 10.0 Å². The molecular weight excluding hydrogens is 715 g/mol. The largest absolute Gasteiger partial charge is 0.493 e. The third-order valence-corrected chi connectivity index (χ3v) is 7.99. The number of nitrogens with zero attached hydrogens (tertiary/aromatic N) is 4. The molecule has 0 aliphatic heterocycles. The van der Waals surface area contributed by atoms with E-state index in [2.05, 4.69) is 31.1 Å². The molecule has 14 nitrogen and oxygen atoms in total. The average molecular weight is 750 g/mol. The van der Waals surface area contributed by atoms with E-state index in [-0.39, 0.29) is 32.9 Å². The molecule has 4 aromatic rings. The normalized spacial score (nSPS) is 12.2. The maximum absolute atomic E-state index is 13.0. The number of methoxy groups -OCH3 is 4. The van der Waals surface area contributed by atoms with E-state index < -0.39 is 35.5 Å². The van der Waals surface area contributed by atoms with Crippen LogP contribution in [0.15, 0.2) is 93.3 Å². The number of carbonyl (C=O) groups is 4. The van der Waals surface area contributed by atoms with Gasteiger partial charge >= 0.3 is 0 Å². The van der Waals surface area contributed by atoms with Crippen molar-refractivity contribution >= 4 is 69.3 Å². The zero-order valence-corrected chi connectivity index (χ0v) is 30.4. The number of amides is 2. The van der Waals surface area contributed by atoms with Gasteiger partial charge < -0.3 is 29.6 Å². The molecule has 0 saturated heterocycles. The molecule has 0 spiro atoms. The van der Waals surface area contributed by atoms with Gasteiger partial charge in [-0.1, -0.05) is 47.5 Å². The lowest BCUT2D eigenvalue weighted by Gasteiger charge is -2.15. The van der Waals surface area contributed by atoms with Crippen LogP contribution >= 0.6 is 23.2 Å². The topological polar surface area (TPSA) is 179 Å². The number of nitrogens with one attached hydrogen (secondary N) is 2. The minimum Gasteiger partial charge on any atom is -0.493 e. The fourth-order valence-corrected chi connectivity index (χ4v) is 5.38. The Balaban J connectivity index is 1.49. The second kappa shape index (κ2) is 17.9. The van der Waals surface area contributed by atoms with Crippen LogP contribution in [0.1, 0.15) is 13.8 Å². The summed E-state index contributed by atoms with van der Waals surface area (Å²) in [7, 11) is 5.77. The van der Waals surface area contributed by atoms with E-state index in [1.165, 1.54) is 54.4 Å². The highest BCUT2D eigenvalue weighted by atomic mass is 35.5. The lowest BCUT2D eigenvalue weighted by Crippen LogP contribution is -2.32. The Bertz CT molecular complexity index is 1910. The van der Waals surface area contributed by atoms with Crippen molar-refractivity contribution in [2.45, 2.75) is 25.9 Å². The van der Waals surface area contributed by atoms with Gasteiger partial charge in [-0.2, -0.15) is 20.5 Å². The van der Waals surface area contributed by atoms with Gasteiger partial charge in [0.25, 0.3) is 11.8 Å². The number of Topliss-reactive ketones (excluding diaryl/α,β-unsaturated/α-hetero) is 2. The Hall–Kier alpha value is -5.86. The summed E-state index contributed by atoms with van der Waals surface area (Å²) >= 11 is 13.2. The number of carbonyl (C=O) groups excluding carboxylic acids is 4. The van der Waals surface area contributed by atoms with Crippen LogP contribution < -0.4 is 29.6 Å². The lowest BCUT2D eigenvalue weighted by atomic mass is 10.0. The second-order valence-electron chi connectivity index (χ2n) is 10.8. The molecule has 16 heteroatoms. The first-order valence-electron chi connectivity index (χ1n) is 15.4. The fourth-order valence-electron chi connectivity index (χ4n) is 4.83. The Morgan fingerprint density at radius 2 is 0.962 bits per heavy atom. The summed E-state index contributed by atoms with van der Waals surface area (Å²) in [6.45, 7) is 2.45. The van der Waals surface area contributed by atoms with Crippen LogP contribution in [-0.2, 0) is 19.2 Å². The van der Waals surface area contributed by atoms with Crippen molar-refractivity contribution in [1.82, 2.24) is 0 Å². The second-order valence-corrected chi connectivity index (χ2v) is 11.7. The van der Waals surface area contributed by atoms with Crippen molar-refractivity contribution in [3.63, 3.8) is 0 Å². The number of ether oxygens (including phenoxy) is 4. The predicted molar refractivity (Wildman–Crippen MR) is 196 cm³/mol. The highest BCUT2D eigenvalue weighted by Gasteiger charge is 2.26. The minimum absolute atomic E-state index is 0.249. The number of halogens is 2. The van der Waals surface area contributed by atoms with E-state index in [0.717, 1.165) is 0 Å². The van der Waals surface area contributed by atoms with Crippen molar-refractivity contribution in [3.8, 4) is 34.1 Å². The molecule has 2 unspecified atom stereocenters. The highest BCUT2D eigenvalue weighted by Crippen LogP contribution is 2.38. The number of ketones is 2. The van der Waals surface area contributed by atoms with E-state index in [1.54, 1.807) is 60.7 Å². The first-order valence-corrected chi connectivity index (χ1v) is 16.1. The number of anilines is 2. The van der Waals surface area contributed by atoms with Gasteiger partial charge in [0.2, 0.25) is 12.1 Å². The Morgan fingerprint density at radius 1 is 0.577 bits per heavy atom. The average Bonchev–Trinajstić information content (AvgIpc) is 3.11. The van der Waals surface area contributed by atoms with E-state index in [1.807, 2.05) is 0 Å². The van der Waals surface area contributed by atoms with E-state index in [9.17, 15) is 19.2 Å². The number of azo groups is 2. The lowest BCUT2D eigenvalue weighted by molar-refractivity contribution is -0.127. The summed E-state index contributed by atoms with van der Waals surface area (Å²) in [4.78, 5) is 50.7. The van der Waals surface area contributed by atoms with Crippen LogP contribution in [0, 0.1) is 0 Å². The molecule has 0 bridgehead atoms.